The lowest BCUT2D eigenvalue weighted by molar-refractivity contribution is -0.118. The number of aryl methyl sites for hydroxylation is 1. The molecule has 0 spiro atoms. The molecule has 3 aromatic rings. The summed E-state index contributed by atoms with van der Waals surface area (Å²) >= 11 is 1.58. The molecule has 0 aliphatic carbocycles. The molecule has 2 aromatic carbocycles. The summed E-state index contributed by atoms with van der Waals surface area (Å²) in [6.07, 6.45) is 0. The van der Waals surface area contributed by atoms with Crippen molar-refractivity contribution in [2.45, 2.75) is 19.2 Å². The Morgan fingerprint density at radius 3 is 2.80 bits per heavy atom. The highest BCUT2D eigenvalue weighted by atomic mass is 32.2. The first-order valence-corrected chi connectivity index (χ1v) is 9.14. The largest absolute Gasteiger partial charge is 0.346 e. The van der Waals surface area contributed by atoms with Crippen molar-refractivity contribution in [3.8, 4) is 11.4 Å². The summed E-state index contributed by atoms with van der Waals surface area (Å²) in [4.78, 5) is 16.2. The van der Waals surface area contributed by atoms with E-state index in [1.807, 2.05) is 36.4 Å². The van der Waals surface area contributed by atoms with Crippen LogP contribution in [0.25, 0.3) is 11.4 Å². The third kappa shape index (κ3) is 5.19. The van der Waals surface area contributed by atoms with Gasteiger partial charge < -0.3 is 9.84 Å². The van der Waals surface area contributed by atoms with Gasteiger partial charge in [0.15, 0.2) is 0 Å². The number of carbonyl (C=O) groups is 1. The topological polar surface area (TPSA) is 68.0 Å². The molecule has 0 atom stereocenters. The Morgan fingerprint density at radius 2 is 2.00 bits per heavy atom. The number of nitrogens with one attached hydrogen (secondary N) is 1. The maximum Gasteiger partial charge on any atom is 0.246 e. The molecular weight excluding hydrogens is 334 g/mol. The van der Waals surface area contributed by atoms with Crippen molar-refractivity contribution in [2.75, 3.05) is 5.75 Å². The van der Waals surface area contributed by atoms with Crippen LogP contribution in [0.4, 0.5) is 0 Å². The lowest BCUT2D eigenvalue weighted by atomic mass is 10.2. The van der Waals surface area contributed by atoms with E-state index in [2.05, 4.69) is 40.6 Å². The van der Waals surface area contributed by atoms with Crippen LogP contribution in [0.5, 0.6) is 0 Å². The first kappa shape index (κ1) is 17.2. The molecule has 1 amide bonds. The zero-order chi connectivity index (χ0) is 17.5. The molecule has 0 bridgehead atoms. The van der Waals surface area contributed by atoms with Gasteiger partial charge in [0.05, 0.1) is 12.3 Å². The fourth-order valence-corrected chi connectivity index (χ4v) is 3.12. The monoisotopic (exact) mass is 353 g/mol. The molecule has 0 saturated heterocycles. The smallest absolute Gasteiger partial charge is 0.246 e. The maximum absolute atomic E-state index is 11.9. The Bertz CT molecular complexity index is 833. The minimum absolute atomic E-state index is 0.0443. The van der Waals surface area contributed by atoms with E-state index < -0.39 is 0 Å². The van der Waals surface area contributed by atoms with Gasteiger partial charge in [0, 0.05) is 11.3 Å². The molecule has 1 N–H and O–H groups in total. The number of amides is 1. The third-order valence-corrected chi connectivity index (χ3v) is 4.52. The van der Waals surface area contributed by atoms with Gasteiger partial charge in [-0.15, -0.1) is 11.8 Å². The number of hydrogen-bond donors (Lipinski definition) is 1. The van der Waals surface area contributed by atoms with Gasteiger partial charge in [-0.1, -0.05) is 65.3 Å². The number of hydrogen-bond acceptors (Lipinski definition) is 5. The van der Waals surface area contributed by atoms with Gasteiger partial charge >= 0.3 is 0 Å². The quantitative estimate of drug-likeness (QED) is 0.703. The summed E-state index contributed by atoms with van der Waals surface area (Å²) in [6.45, 7) is 2.30. The standard InChI is InChI=1S/C19H19N3O2S/c1-14-6-5-7-15(10-14)12-25-13-17(23)20-11-18-21-19(22-24-18)16-8-3-2-4-9-16/h2-10H,11-13H2,1H3,(H,20,23). The van der Waals surface area contributed by atoms with Gasteiger partial charge in [0.2, 0.25) is 17.6 Å². The highest BCUT2D eigenvalue weighted by Gasteiger charge is 2.09. The second-order valence-electron chi connectivity index (χ2n) is 5.64. The van der Waals surface area contributed by atoms with Crippen LogP contribution in [0.3, 0.4) is 0 Å². The number of thioether (sulfide) groups is 1. The summed E-state index contributed by atoms with van der Waals surface area (Å²) in [5.74, 6) is 2.09. The fraction of sp³-hybridized carbons (Fsp3) is 0.211. The molecule has 0 fully saturated rings. The summed E-state index contributed by atoms with van der Waals surface area (Å²) in [7, 11) is 0. The Hall–Kier alpha value is -2.60. The second kappa shape index (κ2) is 8.48. The van der Waals surface area contributed by atoms with Gasteiger partial charge in [0.1, 0.15) is 0 Å². The van der Waals surface area contributed by atoms with Gasteiger partial charge in [-0.25, -0.2) is 0 Å². The molecule has 3 rings (SSSR count). The van der Waals surface area contributed by atoms with E-state index in [0.29, 0.717) is 17.5 Å². The SMILES string of the molecule is Cc1cccc(CSCC(=O)NCc2nc(-c3ccccc3)no2)c1. The van der Waals surface area contributed by atoms with E-state index in [1.165, 1.54) is 11.1 Å². The van der Waals surface area contributed by atoms with Crippen LogP contribution in [-0.2, 0) is 17.1 Å². The first-order valence-electron chi connectivity index (χ1n) is 7.99. The van der Waals surface area contributed by atoms with Crippen LogP contribution < -0.4 is 5.32 Å². The fourth-order valence-electron chi connectivity index (χ4n) is 2.32. The molecule has 5 nitrogen and oxygen atoms in total. The van der Waals surface area contributed by atoms with E-state index in [-0.39, 0.29) is 12.5 Å². The normalized spacial score (nSPS) is 10.6. The number of carbonyl (C=O) groups excluding carboxylic acids is 1. The summed E-state index contributed by atoms with van der Waals surface area (Å²) in [5, 5.41) is 6.74. The van der Waals surface area contributed by atoms with Crippen molar-refractivity contribution in [3.05, 3.63) is 71.6 Å². The second-order valence-corrected chi connectivity index (χ2v) is 6.62. The van der Waals surface area contributed by atoms with Crippen LogP contribution in [0, 0.1) is 6.92 Å². The van der Waals surface area contributed by atoms with E-state index >= 15 is 0 Å². The van der Waals surface area contributed by atoms with Crippen LogP contribution in [0.1, 0.15) is 17.0 Å². The molecular formula is C19H19N3O2S. The average Bonchev–Trinajstić information content (AvgIpc) is 3.10. The molecule has 0 unspecified atom stereocenters. The van der Waals surface area contributed by atoms with Crippen molar-refractivity contribution in [1.82, 2.24) is 15.5 Å². The predicted molar refractivity (Wildman–Crippen MR) is 98.9 cm³/mol. The number of aromatic nitrogens is 2. The van der Waals surface area contributed by atoms with Crippen molar-refractivity contribution < 1.29 is 9.32 Å². The van der Waals surface area contributed by atoms with Crippen molar-refractivity contribution in [1.29, 1.82) is 0 Å². The summed E-state index contributed by atoms with van der Waals surface area (Å²) < 4.78 is 5.17. The highest BCUT2D eigenvalue weighted by molar-refractivity contribution is 7.99. The Labute approximate surface area is 150 Å². The van der Waals surface area contributed by atoms with Crippen molar-refractivity contribution in [2.24, 2.45) is 0 Å². The minimum Gasteiger partial charge on any atom is -0.346 e. The molecule has 0 saturated carbocycles. The molecule has 0 radical (unpaired) electrons. The Balaban J connectivity index is 1.43. The van der Waals surface area contributed by atoms with Gasteiger partial charge in [0.25, 0.3) is 0 Å². The van der Waals surface area contributed by atoms with Crippen molar-refractivity contribution >= 4 is 17.7 Å². The van der Waals surface area contributed by atoms with Gasteiger partial charge in [-0.05, 0) is 12.5 Å². The van der Waals surface area contributed by atoms with Crippen LogP contribution in [-0.4, -0.2) is 21.8 Å². The summed E-state index contributed by atoms with van der Waals surface area (Å²) in [5.41, 5.74) is 3.34. The van der Waals surface area contributed by atoms with Crippen LogP contribution in [0.2, 0.25) is 0 Å². The van der Waals surface area contributed by atoms with E-state index in [1.54, 1.807) is 11.8 Å². The van der Waals surface area contributed by atoms with Crippen LogP contribution in [0.15, 0.2) is 59.1 Å². The number of benzene rings is 2. The lowest BCUT2D eigenvalue weighted by Gasteiger charge is -2.04. The molecule has 25 heavy (non-hydrogen) atoms. The number of nitrogens with zero attached hydrogens (tertiary/aromatic N) is 2. The lowest BCUT2D eigenvalue weighted by Crippen LogP contribution is -2.24. The molecule has 1 aromatic heterocycles. The summed E-state index contributed by atoms with van der Waals surface area (Å²) in [6, 6.07) is 17.9. The molecule has 0 aliphatic rings. The molecule has 0 aliphatic heterocycles. The zero-order valence-corrected chi connectivity index (χ0v) is 14.8. The van der Waals surface area contributed by atoms with Gasteiger partial charge in [-0.3, -0.25) is 4.79 Å². The average molecular weight is 353 g/mol. The maximum atomic E-state index is 11.9. The van der Waals surface area contributed by atoms with E-state index in [9.17, 15) is 4.79 Å². The minimum atomic E-state index is -0.0443. The number of rotatable bonds is 7. The molecule has 128 valence electrons. The van der Waals surface area contributed by atoms with Crippen molar-refractivity contribution in [3.63, 3.8) is 0 Å². The predicted octanol–water partition coefficient (Wildman–Crippen LogP) is 3.59. The molecule has 6 heteroatoms. The Kier molecular flexibility index (Phi) is 5.85. The molecule has 1 heterocycles. The third-order valence-electron chi connectivity index (χ3n) is 3.52. The first-order chi connectivity index (χ1) is 12.2. The highest BCUT2D eigenvalue weighted by Crippen LogP contribution is 2.15. The van der Waals surface area contributed by atoms with Gasteiger partial charge in [-0.2, -0.15) is 4.98 Å². The van der Waals surface area contributed by atoms with E-state index in [0.717, 1.165) is 11.3 Å². The van der Waals surface area contributed by atoms with E-state index in [4.69, 9.17) is 4.52 Å². The van der Waals surface area contributed by atoms with Crippen LogP contribution >= 0.6 is 11.8 Å². The zero-order valence-electron chi connectivity index (χ0n) is 13.9. The Morgan fingerprint density at radius 1 is 1.16 bits per heavy atom.